The lowest BCUT2D eigenvalue weighted by molar-refractivity contribution is -0.143. The maximum Gasteiger partial charge on any atom is 0.334 e. The van der Waals surface area contributed by atoms with Gasteiger partial charge < -0.3 is 14.9 Å². The average molecular weight is 264 g/mol. The summed E-state index contributed by atoms with van der Waals surface area (Å²) in [5, 5.41) is 20.3. The first-order valence-corrected chi connectivity index (χ1v) is 6.82. The van der Waals surface area contributed by atoms with Crippen LogP contribution in [0.3, 0.4) is 0 Å². The molecule has 6 atom stereocenters. The number of rotatable bonds is 0. The molecule has 4 nitrogen and oxygen atoms in total. The van der Waals surface area contributed by atoms with Gasteiger partial charge in [-0.25, -0.2) is 4.79 Å². The highest BCUT2D eigenvalue weighted by molar-refractivity contribution is 5.91. The maximum absolute atomic E-state index is 11.6. The third-order valence-electron chi connectivity index (χ3n) is 5.11. The minimum Gasteiger partial charge on any atom is -0.458 e. The Bertz CT molecular complexity index is 481. The van der Waals surface area contributed by atoms with E-state index in [1.807, 2.05) is 13.0 Å². The van der Waals surface area contributed by atoms with E-state index in [2.05, 4.69) is 13.5 Å². The molecule has 104 valence electrons. The van der Waals surface area contributed by atoms with Gasteiger partial charge in [0, 0.05) is 16.9 Å². The van der Waals surface area contributed by atoms with Crippen LogP contribution in [-0.2, 0) is 9.53 Å². The molecule has 3 rings (SSSR count). The zero-order valence-electron chi connectivity index (χ0n) is 11.3. The fraction of sp³-hybridized carbons (Fsp3) is 0.667. The summed E-state index contributed by atoms with van der Waals surface area (Å²) in [6.07, 6.45) is 1.39. The Morgan fingerprint density at radius 1 is 1.47 bits per heavy atom. The second-order valence-electron chi connectivity index (χ2n) is 6.39. The average Bonchev–Trinajstić information content (AvgIpc) is 2.60. The molecule has 0 spiro atoms. The minimum absolute atomic E-state index is 0.0690. The molecular weight excluding hydrogens is 244 g/mol. The van der Waals surface area contributed by atoms with Crippen molar-refractivity contribution in [2.24, 2.45) is 17.3 Å². The van der Waals surface area contributed by atoms with Crippen molar-refractivity contribution in [2.75, 3.05) is 0 Å². The molecule has 1 saturated heterocycles. The molecule has 2 fully saturated rings. The van der Waals surface area contributed by atoms with E-state index in [1.54, 1.807) is 0 Å². The van der Waals surface area contributed by atoms with E-state index in [9.17, 15) is 15.0 Å². The van der Waals surface area contributed by atoms with Crippen molar-refractivity contribution in [3.8, 4) is 0 Å². The maximum atomic E-state index is 11.6. The number of ether oxygens (including phenoxy) is 1. The predicted octanol–water partition coefficient (Wildman–Crippen LogP) is 1.18. The van der Waals surface area contributed by atoms with Crippen molar-refractivity contribution in [1.29, 1.82) is 0 Å². The minimum atomic E-state index is -0.802. The molecule has 0 aromatic carbocycles. The van der Waals surface area contributed by atoms with Gasteiger partial charge in [-0.15, -0.1) is 0 Å². The molecule has 2 aliphatic carbocycles. The van der Waals surface area contributed by atoms with Crippen LogP contribution in [-0.4, -0.2) is 34.5 Å². The zero-order chi connectivity index (χ0) is 13.9. The second-order valence-corrected chi connectivity index (χ2v) is 6.39. The molecule has 0 aromatic heterocycles. The van der Waals surface area contributed by atoms with Gasteiger partial charge in [0.25, 0.3) is 0 Å². The lowest BCUT2D eigenvalue weighted by Crippen LogP contribution is -2.52. The standard InChI is InChI=1S/C15H20O4/c1-7-4-11(16)13(17)15(3)6-12-9(5-10(7)15)8(2)14(18)19-12/h5,7,9,11-13,16-17H,2,4,6H2,1,3H3/t7-,9+,11-,12+,13+,15+/m0/s1. The van der Waals surface area contributed by atoms with Crippen molar-refractivity contribution in [3.63, 3.8) is 0 Å². The van der Waals surface area contributed by atoms with Crippen LogP contribution in [0.4, 0.5) is 0 Å². The van der Waals surface area contributed by atoms with Gasteiger partial charge in [-0.3, -0.25) is 0 Å². The van der Waals surface area contributed by atoms with Crippen molar-refractivity contribution >= 4 is 5.97 Å². The Labute approximate surface area is 112 Å². The van der Waals surface area contributed by atoms with Crippen LogP contribution >= 0.6 is 0 Å². The lowest BCUT2D eigenvalue weighted by Gasteiger charge is -2.50. The molecular formula is C15H20O4. The summed E-state index contributed by atoms with van der Waals surface area (Å²) in [4.78, 5) is 11.6. The SMILES string of the molecule is C=C1C(=O)O[C@@H]2C[C@]3(C)C(=C[C@H]12)[C@@H](C)C[C@H](O)[C@H]3O. The molecule has 0 amide bonds. The molecule has 19 heavy (non-hydrogen) atoms. The van der Waals surface area contributed by atoms with E-state index in [1.165, 1.54) is 0 Å². The summed E-state index contributed by atoms with van der Waals surface area (Å²) in [5.74, 6) is -0.204. The lowest BCUT2D eigenvalue weighted by atomic mass is 9.58. The smallest absolute Gasteiger partial charge is 0.334 e. The highest BCUT2D eigenvalue weighted by Gasteiger charge is 2.54. The van der Waals surface area contributed by atoms with Crippen molar-refractivity contribution < 1.29 is 19.7 Å². The zero-order valence-corrected chi connectivity index (χ0v) is 11.3. The normalized spacial score (nSPS) is 49.3. The second kappa shape index (κ2) is 3.93. The number of fused-ring (bicyclic) bond motifs is 2. The van der Waals surface area contributed by atoms with Gasteiger partial charge in [0.2, 0.25) is 0 Å². The first kappa shape index (κ1) is 12.9. The van der Waals surface area contributed by atoms with Gasteiger partial charge in [0.05, 0.1) is 12.2 Å². The molecule has 2 N–H and O–H groups in total. The van der Waals surface area contributed by atoms with Crippen molar-refractivity contribution in [1.82, 2.24) is 0 Å². The Kier molecular flexibility index (Phi) is 2.67. The van der Waals surface area contributed by atoms with Gasteiger partial charge in [0.1, 0.15) is 6.10 Å². The summed E-state index contributed by atoms with van der Waals surface area (Å²) in [6.45, 7) is 7.82. The molecule has 0 unspecified atom stereocenters. The number of carbonyl (C=O) groups excluding carboxylic acids is 1. The molecule has 1 aliphatic heterocycles. The third kappa shape index (κ3) is 1.63. The van der Waals surface area contributed by atoms with E-state index in [0.29, 0.717) is 18.4 Å². The Morgan fingerprint density at radius 2 is 2.16 bits per heavy atom. The number of carbonyl (C=O) groups is 1. The Morgan fingerprint density at radius 3 is 2.84 bits per heavy atom. The Hall–Kier alpha value is -1.13. The van der Waals surface area contributed by atoms with E-state index >= 15 is 0 Å². The van der Waals surface area contributed by atoms with E-state index in [4.69, 9.17) is 4.74 Å². The Balaban J connectivity index is 2.04. The van der Waals surface area contributed by atoms with Gasteiger partial charge in [-0.2, -0.15) is 0 Å². The molecule has 0 bridgehead atoms. The van der Waals surface area contributed by atoms with E-state index < -0.39 is 17.6 Å². The van der Waals surface area contributed by atoms with Crippen LogP contribution in [0.1, 0.15) is 26.7 Å². The van der Waals surface area contributed by atoms with Crippen LogP contribution < -0.4 is 0 Å². The summed E-state index contributed by atoms with van der Waals surface area (Å²) < 4.78 is 5.33. The van der Waals surface area contributed by atoms with Gasteiger partial charge in [-0.05, 0) is 18.8 Å². The van der Waals surface area contributed by atoms with Crippen LogP contribution in [0.15, 0.2) is 23.8 Å². The van der Waals surface area contributed by atoms with Gasteiger partial charge in [-0.1, -0.05) is 32.1 Å². The molecule has 0 aromatic rings. The fourth-order valence-electron chi connectivity index (χ4n) is 4.00. The van der Waals surface area contributed by atoms with Crippen molar-refractivity contribution in [2.45, 2.75) is 45.0 Å². The van der Waals surface area contributed by atoms with E-state index in [0.717, 1.165) is 5.57 Å². The molecule has 4 heteroatoms. The first-order chi connectivity index (χ1) is 8.84. The summed E-state index contributed by atoms with van der Waals surface area (Å²) in [5.41, 5.74) is 1.13. The topological polar surface area (TPSA) is 66.8 Å². The van der Waals surface area contributed by atoms with Gasteiger partial charge >= 0.3 is 5.97 Å². The van der Waals surface area contributed by atoms with E-state index in [-0.39, 0.29) is 23.9 Å². The molecule has 3 aliphatic rings. The highest BCUT2D eigenvalue weighted by atomic mass is 16.6. The monoisotopic (exact) mass is 264 g/mol. The number of aliphatic hydroxyl groups excluding tert-OH is 2. The highest BCUT2D eigenvalue weighted by Crippen LogP contribution is 2.53. The van der Waals surface area contributed by atoms with Gasteiger partial charge in [0.15, 0.2) is 0 Å². The number of hydrogen-bond acceptors (Lipinski definition) is 4. The number of hydrogen-bond donors (Lipinski definition) is 2. The first-order valence-electron chi connectivity index (χ1n) is 6.82. The largest absolute Gasteiger partial charge is 0.458 e. The summed E-state index contributed by atoms with van der Waals surface area (Å²) >= 11 is 0. The molecule has 1 heterocycles. The van der Waals surface area contributed by atoms with Crippen molar-refractivity contribution in [3.05, 3.63) is 23.8 Å². The molecule has 0 radical (unpaired) electrons. The predicted molar refractivity (Wildman–Crippen MR) is 69.1 cm³/mol. The van der Waals surface area contributed by atoms with Crippen LogP contribution in [0.5, 0.6) is 0 Å². The fourth-order valence-corrected chi connectivity index (χ4v) is 4.00. The van der Waals surface area contributed by atoms with Crippen LogP contribution in [0, 0.1) is 17.3 Å². The molecule has 1 saturated carbocycles. The van der Waals surface area contributed by atoms with Crippen LogP contribution in [0.2, 0.25) is 0 Å². The number of aliphatic hydroxyl groups is 2. The third-order valence-corrected chi connectivity index (χ3v) is 5.11. The summed E-state index contributed by atoms with van der Waals surface area (Å²) in [6, 6.07) is 0. The van der Waals surface area contributed by atoms with Crippen LogP contribution in [0.25, 0.3) is 0 Å². The quantitative estimate of drug-likeness (QED) is 0.392. The summed E-state index contributed by atoms with van der Waals surface area (Å²) in [7, 11) is 0. The number of esters is 1.